The number of halogens is 3. The molecule has 2 atom stereocenters. The predicted octanol–water partition coefficient (Wildman–Crippen LogP) is 3.62. The van der Waals surface area contributed by atoms with Gasteiger partial charge in [-0.2, -0.15) is 13.8 Å². The summed E-state index contributed by atoms with van der Waals surface area (Å²) in [5.41, 5.74) is 6.81. The molecule has 0 bridgehead atoms. The maximum Gasteiger partial charge on any atom is 0.336 e. The Kier molecular flexibility index (Phi) is 6.77. The van der Waals surface area contributed by atoms with E-state index in [9.17, 15) is 18.0 Å². The molecule has 2 aliphatic carbocycles. The van der Waals surface area contributed by atoms with Gasteiger partial charge < -0.3 is 15.8 Å². The number of hydrogen-bond acceptors (Lipinski definition) is 5. The van der Waals surface area contributed by atoms with Gasteiger partial charge in [-0.3, -0.25) is 9.78 Å². The van der Waals surface area contributed by atoms with Gasteiger partial charge in [-0.05, 0) is 43.0 Å². The quantitative estimate of drug-likeness (QED) is 0.286. The third-order valence-electron chi connectivity index (χ3n) is 5.21. The van der Waals surface area contributed by atoms with Crippen LogP contribution in [0.5, 0.6) is 0 Å². The first-order chi connectivity index (χ1) is 15.9. The molecule has 2 fully saturated rings. The molecular formula is C23H22F3N5O2. The highest BCUT2D eigenvalue weighted by Crippen LogP contribution is 2.45. The van der Waals surface area contributed by atoms with Gasteiger partial charge in [0.2, 0.25) is 0 Å². The number of nitrogens with two attached hydrogens (primary N) is 1. The average Bonchev–Trinajstić information content (AvgIpc) is 3.69. The van der Waals surface area contributed by atoms with Crippen molar-refractivity contribution in [1.82, 2.24) is 9.97 Å². The van der Waals surface area contributed by atoms with Crippen molar-refractivity contribution in [1.29, 1.82) is 0 Å². The van der Waals surface area contributed by atoms with Crippen LogP contribution in [0, 0.1) is 23.6 Å². The van der Waals surface area contributed by atoms with Crippen molar-refractivity contribution >= 4 is 17.6 Å². The van der Waals surface area contributed by atoms with Crippen LogP contribution in [-0.2, 0) is 11.2 Å². The molecule has 0 aliphatic heterocycles. The number of nitrogens with one attached hydrogen (secondary N) is 1. The van der Waals surface area contributed by atoms with E-state index in [1.54, 1.807) is 6.20 Å². The summed E-state index contributed by atoms with van der Waals surface area (Å²) in [5, 5.41) is 2.66. The first-order valence-corrected chi connectivity index (χ1v) is 10.6. The van der Waals surface area contributed by atoms with Gasteiger partial charge >= 0.3 is 6.55 Å². The minimum Gasteiger partial charge on any atom is -0.461 e. The summed E-state index contributed by atoms with van der Waals surface area (Å²) in [7, 11) is 0. The van der Waals surface area contributed by atoms with Crippen molar-refractivity contribution in [2.24, 2.45) is 16.6 Å². The number of aryl methyl sites for hydroxylation is 1. The Bertz CT molecular complexity index is 1110. The van der Waals surface area contributed by atoms with Crippen LogP contribution in [0.1, 0.15) is 53.3 Å². The molecule has 1 heterocycles. The van der Waals surface area contributed by atoms with Crippen LogP contribution < -0.4 is 11.1 Å². The second kappa shape index (κ2) is 9.90. The SMILES string of the molecule is N/C(=N/C(F)F)O[C@@H]1C[C@@H]1c1cc(NC(=O)c2cnc(CCC#CC3CC3)cn2)ccc1F. The monoisotopic (exact) mass is 457 g/mol. The van der Waals surface area contributed by atoms with Crippen LogP contribution >= 0.6 is 0 Å². The number of amides is 1. The highest BCUT2D eigenvalue weighted by molar-refractivity contribution is 6.02. The summed E-state index contributed by atoms with van der Waals surface area (Å²) in [6, 6.07) is 3.47. The van der Waals surface area contributed by atoms with Crippen molar-refractivity contribution in [3.8, 4) is 11.8 Å². The molecule has 0 spiro atoms. The number of alkyl halides is 2. The van der Waals surface area contributed by atoms with E-state index in [4.69, 9.17) is 10.5 Å². The van der Waals surface area contributed by atoms with Gasteiger partial charge in [-0.1, -0.05) is 5.92 Å². The molecule has 2 saturated carbocycles. The lowest BCUT2D eigenvalue weighted by molar-refractivity contribution is 0.102. The number of hydrogen-bond donors (Lipinski definition) is 2. The minimum atomic E-state index is -2.98. The molecule has 0 radical (unpaired) electrons. The number of aromatic nitrogens is 2. The fourth-order valence-corrected chi connectivity index (χ4v) is 3.25. The number of anilines is 1. The van der Waals surface area contributed by atoms with Crippen LogP contribution in [0.2, 0.25) is 0 Å². The van der Waals surface area contributed by atoms with Crippen molar-refractivity contribution in [2.75, 3.05) is 5.32 Å². The number of carbonyl (C=O) groups is 1. The third-order valence-corrected chi connectivity index (χ3v) is 5.21. The summed E-state index contributed by atoms with van der Waals surface area (Å²) in [4.78, 5) is 23.7. The van der Waals surface area contributed by atoms with E-state index < -0.39 is 30.4 Å². The van der Waals surface area contributed by atoms with Crippen molar-refractivity contribution < 1.29 is 22.7 Å². The molecule has 1 amide bonds. The standard InChI is InChI=1S/C23H22F3N5O2/c24-18-8-7-14(9-16(18)17-10-20(17)33-23(27)31-22(25)26)30-21(32)19-12-28-15(11-29-19)4-2-1-3-13-5-6-13/h7-9,11-13,17,20,22H,2,4-6,10H2,(H2,27,31)(H,30,32)/t17-,20-/m1/s1. The molecular weight excluding hydrogens is 435 g/mol. The lowest BCUT2D eigenvalue weighted by Crippen LogP contribution is -2.19. The van der Waals surface area contributed by atoms with Crippen molar-refractivity contribution in [2.45, 2.75) is 50.7 Å². The number of rotatable bonds is 7. The van der Waals surface area contributed by atoms with Crippen LogP contribution in [0.25, 0.3) is 0 Å². The Labute approximate surface area is 188 Å². The van der Waals surface area contributed by atoms with E-state index in [0.29, 0.717) is 30.9 Å². The Morgan fingerprint density at radius 2 is 2.12 bits per heavy atom. The Morgan fingerprint density at radius 3 is 2.82 bits per heavy atom. The fraction of sp³-hybridized carbons (Fsp3) is 0.391. The summed E-state index contributed by atoms with van der Waals surface area (Å²) in [5.74, 6) is 5.51. The topological polar surface area (TPSA) is 102 Å². The Balaban J connectivity index is 1.33. The number of ether oxygens (including phenoxy) is 1. The van der Waals surface area contributed by atoms with E-state index >= 15 is 0 Å². The van der Waals surface area contributed by atoms with E-state index in [0.717, 1.165) is 5.69 Å². The molecule has 0 saturated heterocycles. The number of aliphatic imine (C=N–C) groups is 1. The summed E-state index contributed by atoms with van der Waals surface area (Å²) in [6.45, 7) is -2.98. The highest BCUT2D eigenvalue weighted by Gasteiger charge is 2.43. The summed E-state index contributed by atoms with van der Waals surface area (Å²) < 4.78 is 43.8. The van der Waals surface area contributed by atoms with Crippen molar-refractivity contribution in [3.63, 3.8) is 0 Å². The molecule has 3 N–H and O–H groups in total. The number of nitrogens with zero attached hydrogens (tertiary/aromatic N) is 3. The van der Waals surface area contributed by atoms with E-state index in [2.05, 4.69) is 32.1 Å². The highest BCUT2D eigenvalue weighted by atomic mass is 19.3. The summed E-state index contributed by atoms with van der Waals surface area (Å²) in [6.07, 6.45) is 6.50. The van der Waals surface area contributed by atoms with Gasteiger partial charge in [-0.15, -0.1) is 5.92 Å². The largest absolute Gasteiger partial charge is 0.461 e. The second-order valence-electron chi connectivity index (χ2n) is 7.92. The normalized spacial score (nSPS) is 19.6. The lowest BCUT2D eigenvalue weighted by Gasteiger charge is -2.09. The lowest BCUT2D eigenvalue weighted by atomic mass is 10.1. The van der Waals surface area contributed by atoms with Crippen LogP contribution in [0.4, 0.5) is 18.9 Å². The average molecular weight is 457 g/mol. The van der Waals surface area contributed by atoms with E-state index in [1.807, 2.05) is 0 Å². The molecule has 33 heavy (non-hydrogen) atoms. The third kappa shape index (κ3) is 6.44. The molecule has 7 nitrogen and oxygen atoms in total. The number of benzene rings is 1. The van der Waals surface area contributed by atoms with Gasteiger partial charge in [0.1, 0.15) is 17.6 Å². The zero-order chi connectivity index (χ0) is 23.4. The smallest absolute Gasteiger partial charge is 0.336 e. The maximum absolute atomic E-state index is 14.3. The Hall–Kier alpha value is -3.61. The molecule has 172 valence electrons. The van der Waals surface area contributed by atoms with E-state index in [-0.39, 0.29) is 17.2 Å². The first-order valence-electron chi connectivity index (χ1n) is 10.6. The van der Waals surface area contributed by atoms with Gasteiger partial charge in [0, 0.05) is 36.6 Å². The molecule has 2 aromatic rings. The van der Waals surface area contributed by atoms with Gasteiger partial charge in [-0.25, -0.2) is 9.37 Å². The molecule has 10 heteroatoms. The molecule has 0 unspecified atom stereocenters. The number of carbonyl (C=O) groups excluding carboxylic acids is 1. The first kappa shape index (κ1) is 22.6. The molecule has 1 aromatic carbocycles. The fourth-order valence-electron chi connectivity index (χ4n) is 3.25. The molecule has 1 aromatic heterocycles. The van der Waals surface area contributed by atoms with Gasteiger partial charge in [0.15, 0.2) is 0 Å². The predicted molar refractivity (Wildman–Crippen MR) is 115 cm³/mol. The minimum absolute atomic E-state index is 0.123. The van der Waals surface area contributed by atoms with Crippen molar-refractivity contribution in [3.05, 3.63) is 53.4 Å². The molecule has 2 aliphatic rings. The van der Waals surface area contributed by atoms with Gasteiger partial charge in [0.05, 0.1) is 11.9 Å². The van der Waals surface area contributed by atoms with E-state index in [1.165, 1.54) is 37.2 Å². The van der Waals surface area contributed by atoms with Crippen LogP contribution in [0.3, 0.4) is 0 Å². The van der Waals surface area contributed by atoms with Crippen LogP contribution in [0.15, 0.2) is 35.6 Å². The second-order valence-corrected chi connectivity index (χ2v) is 7.92. The zero-order valence-electron chi connectivity index (χ0n) is 17.6. The maximum atomic E-state index is 14.3. The molecule has 4 rings (SSSR count). The van der Waals surface area contributed by atoms with Crippen LogP contribution in [-0.4, -0.2) is 34.6 Å². The Morgan fingerprint density at radius 1 is 1.30 bits per heavy atom. The van der Waals surface area contributed by atoms with Gasteiger partial charge in [0.25, 0.3) is 11.9 Å². The number of amidine groups is 1. The zero-order valence-corrected chi connectivity index (χ0v) is 17.6. The summed E-state index contributed by atoms with van der Waals surface area (Å²) >= 11 is 0.